The van der Waals surface area contributed by atoms with E-state index in [-0.39, 0.29) is 0 Å². The van der Waals surface area contributed by atoms with Crippen molar-refractivity contribution in [1.29, 1.82) is 0 Å². The summed E-state index contributed by atoms with van der Waals surface area (Å²) in [5, 5.41) is 23.8. The Hall–Kier alpha value is -1.55. The van der Waals surface area contributed by atoms with Crippen LogP contribution in [0, 0.1) is 12.1 Å². The Morgan fingerprint density at radius 1 is 1.11 bits per heavy atom. The van der Waals surface area contributed by atoms with Gasteiger partial charge in [0.2, 0.25) is 0 Å². The molecule has 0 unspecified atom stereocenters. The molecule has 1 aliphatic rings. The zero-order chi connectivity index (χ0) is 13.7. The lowest BCUT2D eigenvalue weighted by Crippen LogP contribution is -2.53. The molecule has 1 heterocycles. The van der Waals surface area contributed by atoms with E-state index in [4.69, 9.17) is 0 Å². The first-order valence-electron chi connectivity index (χ1n) is 6.10. The molecule has 0 atom stereocenters. The fraction of sp³-hybridized carbons (Fsp3) is 0.500. The molecule has 18 heavy (non-hydrogen) atoms. The second-order valence-corrected chi connectivity index (χ2v) is 5.91. The summed E-state index contributed by atoms with van der Waals surface area (Å²) < 4.78 is 0.900. The summed E-state index contributed by atoms with van der Waals surface area (Å²) in [4.78, 5) is 0. The maximum absolute atomic E-state index is 12.4. The molecule has 0 saturated carbocycles. The Morgan fingerprint density at radius 2 is 1.61 bits per heavy atom. The molecule has 0 aliphatic carbocycles. The number of hydrogen-bond donors (Lipinski definition) is 1. The van der Waals surface area contributed by atoms with Crippen LogP contribution in [0.25, 0.3) is 0 Å². The van der Waals surface area contributed by atoms with E-state index in [9.17, 15) is 10.4 Å². The fourth-order valence-electron chi connectivity index (χ4n) is 2.07. The average molecular weight is 248 g/mol. The Kier molecular flexibility index (Phi) is 2.66. The molecule has 1 aromatic carbocycles. The number of rotatable bonds is 1. The van der Waals surface area contributed by atoms with Crippen molar-refractivity contribution in [1.82, 2.24) is 5.06 Å². The van der Waals surface area contributed by atoms with Gasteiger partial charge in [0.25, 0.3) is 0 Å². The predicted molar refractivity (Wildman–Crippen MR) is 70.7 cm³/mol. The van der Waals surface area contributed by atoms with E-state index in [1.807, 2.05) is 58.9 Å². The second kappa shape index (κ2) is 3.72. The predicted octanol–water partition coefficient (Wildman–Crippen LogP) is 2.51. The lowest BCUT2D eigenvalue weighted by molar-refractivity contribution is -0.539. The molecule has 2 rings (SSSR count). The van der Waals surface area contributed by atoms with Gasteiger partial charge in [0.05, 0.1) is 5.56 Å². The van der Waals surface area contributed by atoms with Crippen LogP contribution >= 0.6 is 0 Å². The molecule has 4 heteroatoms. The SMILES string of the molecule is Cc1ccc(C2=[N+]([O-])C(C)(C)C(C)(C)N2O)cc1. The molecule has 1 aliphatic heterocycles. The highest BCUT2D eigenvalue weighted by atomic mass is 16.5. The van der Waals surface area contributed by atoms with E-state index in [1.54, 1.807) is 0 Å². The third-order valence-electron chi connectivity index (χ3n) is 4.24. The minimum Gasteiger partial charge on any atom is -0.714 e. The third-order valence-corrected chi connectivity index (χ3v) is 4.24. The summed E-state index contributed by atoms with van der Waals surface area (Å²) in [6, 6.07) is 7.58. The number of hydroxylamine groups is 3. The molecule has 0 fully saturated rings. The van der Waals surface area contributed by atoms with Crippen LogP contribution in [0.5, 0.6) is 0 Å². The summed E-state index contributed by atoms with van der Waals surface area (Å²) >= 11 is 0. The highest BCUT2D eigenvalue weighted by Crippen LogP contribution is 2.36. The number of aryl methyl sites for hydroxylation is 1. The second-order valence-electron chi connectivity index (χ2n) is 5.91. The summed E-state index contributed by atoms with van der Waals surface area (Å²) in [6.07, 6.45) is 0. The molecule has 98 valence electrons. The summed E-state index contributed by atoms with van der Waals surface area (Å²) in [5.41, 5.74) is 0.520. The smallest absolute Gasteiger partial charge is 0.313 e. The third kappa shape index (κ3) is 1.52. The lowest BCUT2D eigenvalue weighted by atomic mass is 9.84. The van der Waals surface area contributed by atoms with Gasteiger partial charge < -0.3 is 5.21 Å². The molecule has 0 saturated heterocycles. The highest BCUT2D eigenvalue weighted by Gasteiger charge is 2.58. The highest BCUT2D eigenvalue weighted by molar-refractivity contribution is 5.96. The molecule has 0 spiro atoms. The Bertz CT molecular complexity index is 501. The normalized spacial score (nSPS) is 21.6. The zero-order valence-electron chi connectivity index (χ0n) is 11.6. The van der Waals surface area contributed by atoms with Crippen LogP contribution in [0.15, 0.2) is 24.3 Å². The number of benzene rings is 1. The minimum atomic E-state index is -0.692. The number of hydrogen-bond acceptors (Lipinski definition) is 3. The van der Waals surface area contributed by atoms with Crippen molar-refractivity contribution in [2.45, 2.75) is 45.7 Å². The molecule has 0 radical (unpaired) electrons. The van der Waals surface area contributed by atoms with Crippen molar-refractivity contribution in [3.8, 4) is 0 Å². The van der Waals surface area contributed by atoms with Gasteiger partial charge in [-0.1, -0.05) is 17.7 Å². The first-order valence-corrected chi connectivity index (χ1v) is 6.10. The van der Waals surface area contributed by atoms with Crippen molar-refractivity contribution in [2.24, 2.45) is 0 Å². The maximum Gasteiger partial charge on any atom is 0.313 e. The largest absolute Gasteiger partial charge is 0.714 e. The molecule has 4 nitrogen and oxygen atoms in total. The summed E-state index contributed by atoms with van der Waals surface area (Å²) in [7, 11) is 0. The van der Waals surface area contributed by atoms with Crippen LogP contribution in [0.3, 0.4) is 0 Å². The lowest BCUT2D eigenvalue weighted by Gasteiger charge is -2.33. The van der Waals surface area contributed by atoms with Gasteiger partial charge >= 0.3 is 5.84 Å². The summed E-state index contributed by atoms with van der Waals surface area (Å²) in [5.74, 6) is 0.310. The van der Waals surface area contributed by atoms with Gasteiger partial charge in [-0.15, -0.1) is 5.06 Å². The van der Waals surface area contributed by atoms with Crippen LogP contribution < -0.4 is 0 Å². The summed E-state index contributed by atoms with van der Waals surface area (Å²) in [6.45, 7) is 9.38. The number of amidine groups is 1. The Balaban J connectivity index is 2.57. The van der Waals surface area contributed by atoms with E-state index in [0.29, 0.717) is 5.84 Å². The van der Waals surface area contributed by atoms with E-state index < -0.39 is 11.1 Å². The van der Waals surface area contributed by atoms with Crippen molar-refractivity contribution >= 4 is 5.84 Å². The average Bonchev–Trinajstić information content (AvgIpc) is 2.41. The van der Waals surface area contributed by atoms with E-state index in [1.165, 1.54) is 0 Å². The van der Waals surface area contributed by atoms with Gasteiger partial charge in [-0.25, -0.2) is 5.21 Å². The first-order chi connectivity index (χ1) is 8.19. The van der Waals surface area contributed by atoms with Gasteiger partial charge in [-0.05, 0) is 46.8 Å². The maximum atomic E-state index is 12.4. The number of nitrogens with zero attached hydrogens (tertiary/aromatic N) is 2. The van der Waals surface area contributed by atoms with Crippen molar-refractivity contribution < 1.29 is 9.95 Å². The minimum absolute atomic E-state index is 0.310. The van der Waals surface area contributed by atoms with Gasteiger partial charge in [0, 0.05) is 0 Å². The molecule has 0 amide bonds. The van der Waals surface area contributed by atoms with E-state index in [0.717, 1.165) is 20.9 Å². The van der Waals surface area contributed by atoms with Crippen molar-refractivity contribution in [2.75, 3.05) is 0 Å². The standard InChI is InChI=1S/C14H20N2O2/c1-10-6-8-11(9-7-10)12-15(17)13(2,3)14(4,5)16(12)18/h6-9,17H,1-5H3. The Morgan fingerprint density at radius 3 is 2.00 bits per heavy atom. The molecular formula is C14H20N2O2. The molecular weight excluding hydrogens is 228 g/mol. The van der Waals surface area contributed by atoms with Gasteiger partial charge in [0.15, 0.2) is 5.54 Å². The van der Waals surface area contributed by atoms with Gasteiger partial charge in [0.1, 0.15) is 5.54 Å². The monoisotopic (exact) mass is 248 g/mol. The van der Waals surface area contributed by atoms with Crippen molar-refractivity contribution in [3.05, 3.63) is 40.6 Å². The van der Waals surface area contributed by atoms with Crippen LogP contribution in [0.2, 0.25) is 0 Å². The zero-order valence-corrected chi connectivity index (χ0v) is 11.6. The van der Waals surface area contributed by atoms with Crippen LogP contribution in [-0.4, -0.2) is 31.9 Å². The van der Waals surface area contributed by atoms with Crippen LogP contribution in [0.1, 0.15) is 38.8 Å². The quantitative estimate of drug-likeness (QED) is 0.613. The van der Waals surface area contributed by atoms with E-state index in [2.05, 4.69) is 0 Å². The Labute approximate surface area is 108 Å². The van der Waals surface area contributed by atoms with Crippen LogP contribution in [-0.2, 0) is 0 Å². The van der Waals surface area contributed by atoms with Crippen LogP contribution in [0.4, 0.5) is 0 Å². The van der Waals surface area contributed by atoms with Gasteiger partial charge in [-0.3, -0.25) is 4.74 Å². The van der Waals surface area contributed by atoms with Crippen molar-refractivity contribution in [3.63, 3.8) is 0 Å². The fourth-order valence-corrected chi connectivity index (χ4v) is 2.07. The molecule has 0 bridgehead atoms. The van der Waals surface area contributed by atoms with Gasteiger partial charge in [-0.2, -0.15) is 0 Å². The molecule has 1 N–H and O–H groups in total. The molecule has 1 aromatic rings. The van der Waals surface area contributed by atoms with E-state index >= 15 is 0 Å². The first kappa shape index (κ1) is 12.9. The topological polar surface area (TPSA) is 49.5 Å². The molecule has 0 aromatic heterocycles.